The van der Waals surface area contributed by atoms with Gasteiger partial charge < -0.3 is 10.6 Å². The average molecular weight is 430 g/mol. The molecule has 0 spiro atoms. The lowest BCUT2D eigenvalue weighted by molar-refractivity contribution is 0.0944. The van der Waals surface area contributed by atoms with E-state index in [2.05, 4.69) is 10.6 Å². The number of anilines is 1. The van der Waals surface area contributed by atoms with Crippen LogP contribution in [0.25, 0.3) is 0 Å². The molecule has 1 aliphatic rings. The van der Waals surface area contributed by atoms with E-state index in [0.29, 0.717) is 24.3 Å². The molecule has 160 valence electrons. The quantitative estimate of drug-likeness (QED) is 0.737. The number of rotatable bonds is 6. The first-order valence-corrected chi connectivity index (χ1v) is 11.5. The van der Waals surface area contributed by atoms with Crippen LogP contribution in [0, 0.1) is 0 Å². The topological polar surface area (TPSA) is 95.6 Å². The molecule has 0 aromatic heterocycles. The van der Waals surface area contributed by atoms with Crippen molar-refractivity contribution in [1.29, 1.82) is 0 Å². The third-order valence-electron chi connectivity index (χ3n) is 4.89. The lowest BCUT2D eigenvalue weighted by atomic mass is 10.1. The number of carbonyl (C=O) groups excluding carboxylic acids is 2. The zero-order valence-corrected chi connectivity index (χ0v) is 18.0. The molecular weight excluding hydrogens is 402 g/mol. The van der Waals surface area contributed by atoms with E-state index in [9.17, 15) is 18.0 Å². The first kappa shape index (κ1) is 22.0. The van der Waals surface area contributed by atoms with Gasteiger partial charge in [0.15, 0.2) is 0 Å². The van der Waals surface area contributed by atoms with Gasteiger partial charge in [-0.3, -0.25) is 9.59 Å². The predicted molar refractivity (Wildman–Crippen MR) is 116 cm³/mol. The summed E-state index contributed by atoms with van der Waals surface area (Å²) in [5.74, 6) is -0.766. The van der Waals surface area contributed by atoms with Crippen molar-refractivity contribution in [1.82, 2.24) is 9.62 Å². The molecule has 2 aromatic rings. The SMILES string of the molecule is CC(C)NC(=O)c1ccccc1NC(=O)c1cccc(S(=O)(=O)N2CCCCC2)c1. The predicted octanol–water partition coefficient (Wildman–Crippen LogP) is 3.25. The van der Waals surface area contributed by atoms with Crippen molar-refractivity contribution in [2.45, 2.75) is 44.0 Å². The molecule has 0 saturated carbocycles. The van der Waals surface area contributed by atoms with E-state index < -0.39 is 15.9 Å². The number of hydrogen-bond acceptors (Lipinski definition) is 4. The molecule has 1 aliphatic heterocycles. The summed E-state index contributed by atoms with van der Waals surface area (Å²) in [7, 11) is -3.64. The number of nitrogens with zero attached hydrogens (tertiary/aromatic N) is 1. The Morgan fingerprint density at radius 2 is 1.63 bits per heavy atom. The molecule has 0 bridgehead atoms. The Bertz CT molecular complexity index is 1030. The zero-order chi connectivity index (χ0) is 21.7. The van der Waals surface area contributed by atoms with Crippen LogP contribution in [0.5, 0.6) is 0 Å². The van der Waals surface area contributed by atoms with Gasteiger partial charge in [0.2, 0.25) is 10.0 Å². The zero-order valence-electron chi connectivity index (χ0n) is 17.2. The fraction of sp³-hybridized carbons (Fsp3) is 0.364. The molecule has 0 radical (unpaired) electrons. The second-order valence-corrected chi connectivity index (χ2v) is 9.56. The molecule has 0 atom stereocenters. The monoisotopic (exact) mass is 429 g/mol. The summed E-state index contributed by atoms with van der Waals surface area (Å²) >= 11 is 0. The largest absolute Gasteiger partial charge is 0.350 e. The third kappa shape index (κ3) is 5.06. The van der Waals surface area contributed by atoms with Crippen LogP contribution in [0.2, 0.25) is 0 Å². The van der Waals surface area contributed by atoms with Crippen molar-refractivity contribution in [3.8, 4) is 0 Å². The number of sulfonamides is 1. The second kappa shape index (κ2) is 9.40. The van der Waals surface area contributed by atoms with Crippen LogP contribution in [-0.4, -0.2) is 43.7 Å². The number of amides is 2. The Hall–Kier alpha value is -2.71. The van der Waals surface area contributed by atoms with Gasteiger partial charge in [-0.1, -0.05) is 24.6 Å². The molecule has 30 heavy (non-hydrogen) atoms. The van der Waals surface area contributed by atoms with Crippen molar-refractivity contribution in [2.75, 3.05) is 18.4 Å². The van der Waals surface area contributed by atoms with Gasteiger partial charge in [0.1, 0.15) is 0 Å². The van der Waals surface area contributed by atoms with Crippen molar-refractivity contribution in [3.63, 3.8) is 0 Å². The summed E-state index contributed by atoms with van der Waals surface area (Å²) < 4.78 is 27.3. The van der Waals surface area contributed by atoms with Gasteiger partial charge in [0.05, 0.1) is 16.1 Å². The highest BCUT2D eigenvalue weighted by atomic mass is 32.2. The Labute approximate surface area is 177 Å². The van der Waals surface area contributed by atoms with Gasteiger partial charge in [-0.15, -0.1) is 0 Å². The molecule has 8 heteroatoms. The van der Waals surface area contributed by atoms with Crippen LogP contribution in [-0.2, 0) is 10.0 Å². The first-order valence-electron chi connectivity index (χ1n) is 10.1. The molecule has 7 nitrogen and oxygen atoms in total. The number of nitrogens with one attached hydrogen (secondary N) is 2. The van der Waals surface area contributed by atoms with E-state index >= 15 is 0 Å². The number of benzene rings is 2. The van der Waals surface area contributed by atoms with Crippen LogP contribution in [0.15, 0.2) is 53.4 Å². The smallest absolute Gasteiger partial charge is 0.255 e. The Morgan fingerprint density at radius 3 is 2.33 bits per heavy atom. The Morgan fingerprint density at radius 1 is 0.933 bits per heavy atom. The molecule has 1 heterocycles. The number of hydrogen-bond donors (Lipinski definition) is 2. The van der Waals surface area contributed by atoms with Crippen LogP contribution in [0.4, 0.5) is 5.69 Å². The standard InChI is InChI=1S/C22H27N3O4S/c1-16(2)23-22(27)19-11-4-5-12-20(19)24-21(26)17-9-8-10-18(15-17)30(28,29)25-13-6-3-7-14-25/h4-5,8-12,15-16H,3,6-7,13-14H2,1-2H3,(H,23,27)(H,24,26). The van der Waals surface area contributed by atoms with Gasteiger partial charge in [0, 0.05) is 24.7 Å². The van der Waals surface area contributed by atoms with Crippen LogP contribution < -0.4 is 10.6 Å². The lowest BCUT2D eigenvalue weighted by Gasteiger charge is -2.26. The van der Waals surface area contributed by atoms with Gasteiger partial charge in [-0.05, 0) is 57.0 Å². The number of para-hydroxylation sites is 1. The summed E-state index contributed by atoms with van der Waals surface area (Å²) in [5.41, 5.74) is 0.925. The van der Waals surface area contributed by atoms with Crippen LogP contribution >= 0.6 is 0 Å². The molecule has 3 rings (SSSR count). The van der Waals surface area contributed by atoms with Gasteiger partial charge in [-0.25, -0.2) is 8.42 Å². The van der Waals surface area contributed by atoms with Gasteiger partial charge >= 0.3 is 0 Å². The summed E-state index contributed by atoms with van der Waals surface area (Å²) in [6, 6.07) is 12.7. The minimum Gasteiger partial charge on any atom is -0.350 e. The summed E-state index contributed by atoms with van der Waals surface area (Å²) in [6.45, 7) is 4.70. The molecule has 0 unspecified atom stereocenters. The Balaban J connectivity index is 1.82. The van der Waals surface area contributed by atoms with E-state index in [1.54, 1.807) is 36.4 Å². The fourth-order valence-electron chi connectivity index (χ4n) is 3.38. The molecule has 2 amide bonds. The molecule has 0 aliphatic carbocycles. The van der Waals surface area contributed by atoms with E-state index in [1.807, 2.05) is 13.8 Å². The highest BCUT2D eigenvalue weighted by Gasteiger charge is 2.26. The maximum atomic E-state index is 12.9. The van der Waals surface area contributed by atoms with Gasteiger partial charge in [0.25, 0.3) is 11.8 Å². The summed E-state index contributed by atoms with van der Waals surface area (Å²) in [6.07, 6.45) is 2.71. The lowest BCUT2D eigenvalue weighted by Crippen LogP contribution is -2.35. The minimum atomic E-state index is -3.64. The third-order valence-corrected chi connectivity index (χ3v) is 6.78. The van der Waals surface area contributed by atoms with Crippen LogP contribution in [0.1, 0.15) is 53.8 Å². The maximum Gasteiger partial charge on any atom is 0.255 e. The first-order chi connectivity index (χ1) is 14.3. The highest BCUT2D eigenvalue weighted by Crippen LogP contribution is 2.22. The average Bonchev–Trinajstić information content (AvgIpc) is 2.74. The van der Waals surface area contributed by atoms with Gasteiger partial charge in [-0.2, -0.15) is 4.31 Å². The fourth-order valence-corrected chi connectivity index (χ4v) is 4.94. The van der Waals surface area contributed by atoms with Crippen LogP contribution in [0.3, 0.4) is 0 Å². The minimum absolute atomic E-state index is 0.0436. The van der Waals surface area contributed by atoms with E-state index in [4.69, 9.17) is 0 Å². The van der Waals surface area contributed by atoms with Crippen molar-refractivity contribution >= 4 is 27.5 Å². The normalized spacial score (nSPS) is 15.0. The number of piperidine rings is 1. The van der Waals surface area contributed by atoms with Crippen molar-refractivity contribution < 1.29 is 18.0 Å². The highest BCUT2D eigenvalue weighted by molar-refractivity contribution is 7.89. The van der Waals surface area contributed by atoms with E-state index in [0.717, 1.165) is 19.3 Å². The number of carbonyl (C=O) groups is 2. The molecule has 2 aromatic carbocycles. The van der Waals surface area contributed by atoms with E-state index in [1.165, 1.54) is 16.4 Å². The molecule has 2 N–H and O–H groups in total. The van der Waals surface area contributed by atoms with Crippen molar-refractivity contribution in [3.05, 3.63) is 59.7 Å². The molecule has 1 saturated heterocycles. The molecular formula is C22H27N3O4S. The van der Waals surface area contributed by atoms with Crippen molar-refractivity contribution in [2.24, 2.45) is 0 Å². The summed E-state index contributed by atoms with van der Waals surface area (Å²) in [4.78, 5) is 25.3. The maximum absolute atomic E-state index is 12.9. The Kier molecular flexibility index (Phi) is 6.89. The van der Waals surface area contributed by atoms with E-state index in [-0.39, 0.29) is 22.4 Å². The second-order valence-electron chi connectivity index (χ2n) is 7.62. The molecule has 1 fully saturated rings. The summed E-state index contributed by atoms with van der Waals surface area (Å²) in [5, 5.41) is 5.53.